The van der Waals surface area contributed by atoms with Crippen LogP contribution in [0.3, 0.4) is 0 Å². The van der Waals surface area contributed by atoms with Gasteiger partial charge >= 0.3 is 11.8 Å². The number of carbonyl (C=O) groups is 2. The van der Waals surface area contributed by atoms with Crippen molar-refractivity contribution in [3.05, 3.63) is 29.8 Å². The maximum absolute atomic E-state index is 11.7. The number of ether oxygens (including phenoxy) is 2. The van der Waals surface area contributed by atoms with Crippen molar-refractivity contribution in [2.24, 2.45) is 0 Å². The normalized spacial score (nSPS) is 10.5. The summed E-state index contributed by atoms with van der Waals surface area (Å²) in [4.78, 5) is 23.4. The van der Waals surface area contributed by atoms with Gasteiger partial charge in [0, 0.05) is 18.9 Å². The maximum atomic E-state index is 11.7. The summed E-state index contributed by atoms with van der Waals surface area (Å²) in [5.74, 6) is -1.44. The highest BCUT2D eigenvalue weighted by molar-refractivity contribution is 6.39. The van der Waals surface area contributed by atoms with E-state index in [-0.39, 0.29) is 6.54 Å². The van der Waals surface area contributed by atoms with Gasteiger partial charge < -0.3 is 20.1 Å². The number of aryl methyl sites for hydroxylation is 1. The first-order valence-electron chi connectivity index (χ1n) is 6.95. The monoisotopic (exact) mass is 294 g/mol. The Morgan fingerprint density at radius 3 is 2.14 bits per heavy atom. The second-order valence-electron chi connectivity index (χ2n) is 4.37. The average Bonchev–Trinajstić information content (AvgIpc) is 2.47. The molecule has 21 heavy (non-hydrogen) atoms. The van der Waals surface area contributed by atoms with E-state index in [1.807, 2.05) is 32.9 Å². The number of nitrogens with one attached hydrogen (secondary N) is 2. The molecule has 0 fully saturated rings. The molecule has 0 radical (unpaired) electrons. The Morgan fingerprint density at radius 2 is 1.62 bits per heavy atom. The Balaban J connectivity index is 2.43. The van der Waals surface area contributed by atoms with E-state index in [0.717, 1.165) is 5.56 Å². The number of hydrogen-bond donors (Lipinski definition) is 2. The van der Waals surface area contributed by atoms with E-state index in [9.17, 15) is 9.59 Å². The molecule has 0 saturated carbocycles. The van der Waals surface area contributed by atoms with Crippen LogP contribution in [-0.4, -0.2) is 37.9 Å². The molecule has 2 amide bonds. The van der Waals surface area contributed by atoms with Gasteiger partial charge in [0.25, 0.3) is 0 Å². The summed E-state index contributed by atoms with van der Waals surface area (Å²) in [6.07, 6.45) is -0.545. The summed E-state index contributed by atoms with van der Waals surface area (Å²) in [7, 11) is 0. The molecule has 6 heteroatoms. The van der Waals surface area contributed by atoms with Gasteiger partial charge in [0.05, 0.1) is 6.54 Å². The predicted molar refractivity (Wildman–Crippen MR) is 79.9 cm³/mol. The highest BCUT2D eigenvalue weighted by Gasteiger charge is 2.16. The average molecular weight is 294 g/mol. The third kappa shape index (κ3) is 6.37. The van der Waals surface area contributed by atoms with E-state index in [0.29, 0.717) is 18.9 Å². The van der Waals surface area contributed by atoms with Crippen molar-refractivity contribution in [2.75, 3.05) is 25.1 Å². The number of carbonyl (C=O) groups excluding carboxylic acids is 2. The second kappa shape index (κ2) is 9.10. The quantitative estimate of drug-likeness (QED) is 0.589. The lowest BCUT2D eigenvalue weighted by Crippen LogP contribution is -2.41. The Morgan fingerprint density at radius 1 is 1.05 bits per heavy atom. The summed E-state index contributed by atoms with van der Waals surface area (Å²) >= 11 is 0. The summed E-state index contributed by atoms with van der Waals surface area (Å²) in [5, 5.41) is 5.01. The highest BCUT2D eigenvalue weighted by atomic mass is 16.7. The van der Waals surface area contributed by atoms with Crippen molar-refractivity contribution in [1.82, 2.24) is 5.32 Å². The van der Waals surface area contributed by atoms with Crippen LogP contribution >= 0.6 is 0 Å². The van der Waals surface area contributed by atoms with E-state index in [2.05, 4.69) is 10.6 Å². The molecule has 0 heterocycles. The molecule has 0 aliphatic heterocycles. The predicted octanol–water partition coefficient (Wildman–Crippen LogP) is 1.45. The van der Waals surface area contributed by atoms with Crippen LogP contribution in [0.2, 0.25) is 0 Å². The molecular weight excluding hydrogens is 272 g/mol. The van der Waals surface area contributed by atoms with Crippen LogP contribution < -0.4 is 10.6 Å². The SMILES string of the molecule is CCOC(CNC(=O)C(=O)Nc1ccc(C)cc1)OCC. The van der Waals surface area contributed by atoms with E-state index in [1.165, 1.54) is 0 Å². The maximum Gasteiger partial charge on any atom is 0.313 e. The fourth-order valence-corrected chi connectivity index (χ4v) is 1.62. The van der Waals surface area contributed by atoms with Crippen molar-refractivity contribution in [2.45, 2.75) is 27.1 Å². The topological polar surface area (TPSA) is 76.7 Å². The molecule has 0 bridgehead atoms. The van der Waals surface area contributed by atoms with Gasteiger partial charge in [-0.25, -0.2) is 0 Å². The van der Waals surface area contributed by atoms with E-state index < -0.39 is 18.1 Å². The van der Waals surface area contributed by atoms with Gasteiger partial charge in [0.2, 0.25) is 0 Å². The molecule has 0 unspecified atom stereocenters. The van der Waals surface area contributed by atoms with Crippen molar-refractivity contribution in [3.63, 3.8) is 0 Å². The van der Waals surface area contributed by atoms with Gasteiger partial charge in [-0.1, -0.05) is 17.7 Å². The molecule has 116 valence electrons. The Hall–Kier alpha value is -1.92. The van der Waals surface area contributed by atoms with Crippen molar-refractivity contribution < 1.29 is 19.1 Å². The number of benzene rings is 1. The zero-order valence-corrected chi connectivity index (χ0v) is 12.6. The smallest absolute Gasteiger partial charge is 0.313 e. The molecule has 0 atom stereocenters. The molecule has 0 aromatic heterocycles. The fourth-order valence-electron chi connectivity index (χ4n) is 1.62. The Labute approximate surface area is 124 Å². The fraction of sp³-hybridized carbons (Fsp3) is 0.467. The largest absolute Gasteiger partial charge is 0.351 e. The minimum Gasteiger partial charge on any atom is -0.351 e. The van der Waals surface area contributed by atoms with E-state index in [4.69, 9.17) is 9.47 Å². The van der Waals surface area contributed by atoms with E-state index in [1.54, 1.807) is 12.1 Å². The van der Waals surface area contributed by atoms with Gasteiger partial charge in [0.1, 0.15) is 0 Å². The Bertz CT molecular complexity index is 453. The zero-order chi connectivity index (χ0) is 15.7. The third-order valence-corrected chi connectivity index (χ3v) is 2.65. The van der Waals surface area contributed by atoms with E-state index >= 15 is 0 Å². The van der Waals surface area contributed by atoms with Gasteiger partial charge in [-0.2, -0.15) is 0 Å². The van der Waals surface area contributed by atoms with Crippen LogP contribution in [-0.2, 0) is 19.1 Å². The molecule has 1 rings (SSSR count). The number of hydrogen-bond acceptors (Lipinski definition) is 4. The number of anilines is 1. The van der Waals surface area contributed by atoms with Gasteiger partial charge in [-0.05, 0) is 32.9 Å². The van der Waals surface area contributed by atoms with Crippen molar-refractivity contribution in [1.29, 1.82) is 0 Å². The lowest BCUT2D eigenvalue weighted by atomic mass is 10.2. The minimum absolute atomic E-state index is 0.127. The molecule has 6 nitrogen and oxygen atoms in total. The van der Waals surface area contributed by atoms with Gasteiger partial charge in [-0.15, -0.1) is 0 Å². The lowest BCUT2D eigenvalue weighted by Gasteiger charge is -2.17. The minimum atomic E-state index is -0.722. The van der Waals surface area contributed by atoms with Crippen molar-refractivity contribution >= 4 is 17.5 Å². The van der Waals surface area contributed by atoms with Crippen LogP contribution in [0.5, 0.6) is 0 Å². The molecule has 0 aliphatic rings. The second-order valence-corrected chi connectivity index (χ2v) is 4.37. The first-order chi connectivity index (χ1) is 10.1. The number of amides is 2. The molecule has 0 saturated heterocycles. The third-order valence-electron chi connectivity index (χ3n) is 2.65. The first kappa shape index (κ1) is 17.1. The first-order valence-corrected chi connectivity index (χ1v) is 6.95. The summed E-state index contributed by atoms with van der Waals surface area (Å²) in [5.41, 5.74) is 1.65. The molecular formula is C15H22N2O4. The molecule has 1 aromatic carbocycles. The van der Waals surface area contributed by atoms with Crippen LogP contribution in [0.15, 0.2) is 24.3 Å². The molecule has 0 aliphatic carbocycles. The summed E-state index contributed by atoms with van der Waals surface area (Å²) in [6, 6.07) is 7.19. The van der Waals surface area contributed by atoms with Crippen LogP contribution in [0.1, 0.15) is 19.4 Å². The lowest BCUT2D eigenvalue weighted by molar-refractivity contribution is -0.145. The summed E-state index contributed by atoms with van der Waals surface area (Å²) in [6.45, 7) is 6.67. The van der Waals surface area contributed by atoms with Crippen LogP contribution in [0.4, 0.5) is 5.69 Å². The van der Waals surface area contributed by atoms with Crippen molar-refractivity contribution in [3.8, 4) is 0 Å². The van der Waals surface area contributed by atoms with Gasteiger partial charge in [0.15, 0.2) is 6.29 Å². The summed E-state index contributed by atoms with van der Waals surface area (Å²) < 4.78 is 10.6. The highest BCUT2D eigenvalue weighted by Crippen LogP contribution is 2.08. The zero-order valence-electron chi connectivity index (χ0n) is 12.6. The van der Waals surface area contributed by atoms with Crippen LogP contribution in [0.25, 0.3) is 0 Å². The van der Waals surface area contributed by atoms with Gasteiger partial charge in [-0.3, -0.25) is 9.59 Å². The molecule has 0 spiro atoms. The molecule has 2 N–H and O–H groups in total. The standard InChI is InChI=1S/C15H22N2O4/c1-4-20-13(21-5-2)10-16-14(18)15(19)17-12-8-6-11(3)7-9-12/h6-9,13H,4-5,10H2,1-3H3,(H,16,18)(H,17,19). The number of rotatable bonds is 7. The Kier molecular flexibility index (Phi) is 7.42. The van der Waals surface area contributed by atoms with Crippen LogP contribution in [0, 0.1) is 6.92 Å². The molecule has 1 aromatic rings.